The van der Waals surface area contributed by atoms with E-state index in [0.29, 0.717) is 43.8 Å². The van der Waals surface area contributed by atoms with Crippen molar-refractivity contribution in [3.63, 3.8) is 0 Å². The van der Waals surface area contributed by atoms with Gasteiger partial charge >= 0.3 is 6.03 Å². The molecule has 2 amide bonds. The van der Waals surface area contributed by atoms with Crippen molar-refractivity contribution < 1.29 is 18.4 Å². The van der Waals surface area contributed by atoms with Crippen molar-refractivity contribution in [2.45, 2.75) is 44.4 Å². The normalized spacial score (nSPS) is 19.8. The largest absolute Gasteiger partial charge is 0.381 e. The van der Waals surface area contributed by atoms with E-state index < -0.39 is 5.82 Å². The molecule has 0 radical (unpaired) electrons. The van der Waals surface area contributed by atoms with E-state index in [9.17, 15) is 9.18 Å². The summed E-state index contributed by atoms with van der Waals surface area (Å²) in [6.07, 6.45) is 6.55. The van der Waals surface area contributed by atoms with Crippen LogP contribution in [0.4, 0.5) is 14.9 Å². The third-order valence-corrected chi connectivity index (χ3v) is 5.72. The van der Waals surface area contributed by atoms with Gasteiger partial charge in [0.1, 0.15) is 5.82 Å². The average molecular weight is 402 g/mol. The van der Waals surface area contributed by atoms with Crippen molar-refractivity contribution in [2.75, 3.05) is 31.6 Å². The molecule has 1 unspecified atom stereocenters. The second kappa shape index (κ2) is 9.35. The molecule has 1 atom stereocenters. The van der Waals surface area contributed by atoms with Crippen LogP contribution in [0.1, 0.15) is 49.7 Å². The van der Waals surface area contributed by atoms with E-state index >= 15 is 0 Å². The van der Waals surface area contributed by atoms with Crippen molar-refractivity contribution >= 4 is 11.7 Å². The quantitative estimate of drug-likeness (QED) is 0.709. The van der Waals surface area contributed by atoms with Gasteiger partial charge in [-0.25, -0.2) is 9.18 Å². The van der Waals surface area contributed by atoms with Gasteiger partial charge in [-0.3, -0.25) is 0 Å². The van der Waals surface area contributed by atoms with Gasteiger partial charge in [0, 0.05) is 26.1 Å². The Morgan fingerprint density at radius 3 is 2.93 bits per heavy atom. The van der Waals surface area contributed by atoms with E-state index in [1.165, 1.54) is 31.7 Å². The zero-order valence-corrected chi connectivity index (χ0v) is 16.5. The van der Waals surface area contributed by atoms with E-state index in [4.69, 9.17) is 9.26 Å². The molecule has 1 aliphatic heterocycles. The first-order valence-electron chi connectivity index (χ1n) is 10.4. The molecule has 1 aliphatic carbocycles. The molecule has 1 N–H and O–H groups in total. The first kappa shape index (κ1) is 19.8. The molecule has 1 saturated heterocycles. The first-order chi connectivity index (χ1) is 14.2. The number of halogens is 1. The van der Waals surface area contributed by atoms with Gasteiger partial charge in [0.2, 0.25) is 5.89 Å². The number of aromatic nitrogens is 2. The maximum atomic E-state index is 13.7. The van der Waals surface area contributed by atoms with Crippen LogP contribution in [0, 0.1) is 11.7 Å². The van der Waals surface area contributed by atoms with Crippen LogP contribution in [-0.2, 0) is 11.2 Å². The third kappa shape index (κ3) is 5.12. The first-order valence-corrected chi connectivity index (χ1v) is 10.4. The Labute approximate surface area is 169 Å². The number of hydrogen-bond donors (Lipinski definition) is 1. The van der Waals surface area contributed by atoms with Crippen molar-refractivity contribution in [1.82, 2.24) is 15.0 Å². The number of urea groups is 1. The van der Waals surface area contributed by atoms with Gasteiger partial charge in [0.15, 0.2) is 5.82 Å². The second-order valence-electron chi connectivity index (χ2n) is 7.87. The van der Waals surface area contributed by atoms with Crippen LogP contribution in [-0.4, -0.2) is 47.4 Å². The number of likely N-dealkylation sites (tertiary alicyclic amines) is 1. The zero-order chi connectivity index (χ0) is 20.1. The smallest absolute Gasteiger partial charge is 0.321 e. The number of hydrogen-bond acceptors (Lipinski definition) is 5. The summed E-state index contributed by atoms with van der Waals surface area (Å²) >= 11 is 0. The Hall–Kier alpha value is -2.48. The highest BCUT2D eigenvalue weighted by molar-refractivity contribution is 5.89. The lowest BCUT2D eigenvalue weighted by atomic mass is 10.1. The number of ether oxygens (including phenoxy) is 1. The molecule has 1 saturated carbocycles. The predicted octanol–water partition coefficient (Wildman–Crippen LogP) is 3.98. The van der Waals surface area contributed by atoms with Gasteiger partial charge in [0.25, 0.3) is 0 Å². The second-order valence-corrected chi connectivity index (χ2v) is 7.87. The summed E-state index contributed by atoms with van der Waals surface area (Å²) in [5, 5.41) is 6.66. The highest BCUT2D eigenvalue weighted by atomic mass is 19.1. The van der Waals surface area contributed by atoms with Crippen LogP contribution >= 0.6 is 0 Å². The lowest BCUT2D eigenvalue weighted by Gasteiger charge is -2.17. The minimum absolute atomic E-state index is 0.00188. The van der Waals surface area contributed by atoms with Crippen molar-refractivity contribution in [3.05, 3.63) is 41.8 Å². The number of rotatable bonds is 7. The summed E-state index contributed by atoms with van der Waals surface area (Å²) in [6.45, 7) is 2.45. The topological polar surface area (TPSA) is 80.5 Å². The Morgan fingerprint density at radius 2 is 2.10 bits per heavy atom. The van der Waals surface area contributed by atoms with Gasteiger partial charge in [-0.2, -0.15) is 4.98 Å². The molecule has 29 heavy (non-hydrogen) atoms. The summed E-state index contributed by atoms with van der Waals surface area (Å²) in [7, 11) is 0. The molecule has 2 fully saturated rings. The van der Waals surface area contributed by atoms with Gasteiger partial charge in [-0.15, -0.1) is 0 Å². The number of para-hydroxylation sites is 1. The highest BCUT2D eigenvalue weighted by Crippen LogP contribution is 2.27. The number of nitrogens with zero attached hydrogens (tertiary/aromatic N) is 3. The average Bonchev–Trinajstić information content (AvgIpc) is 3.48. The molecular formula is C21H27FN4O3. The van der Waals surface area contributed by atoms with Gasteiger partial charge < -0.3 is 19.5 Å². The van der Waals surface area contributed by atoms with E-state index in [1.807, 2.05) is 0 Å². The molecule has 2 aromatic rings. The predicted molar refractivity (Wildman–Crippen MR) is 105 cm³/mol. The van der Waals surface area contributed by atoms with Gasteiger partial charge in [0.05, 0.1) is 18.2 Å². The molecule has 0 bridgehead atoms. The highest BCUT2D eigenvalue weighted by Gasteiger charge is 2.31. The van der Waals surface area contributed by atoms with Crippen molar-refractivity contribution in [3.8, 4) is 0 Å². The molecule has 7 nitrogen and oxygen atoms in total. The molecule has 1 aromatic carbocycles. The Balaban J connectivity index is 1.23. The molecule has 4 rings (SSSR count). The lowest BCUT2D eigenvalue weighted by molar-refractivity contribution is 0.102. The number of anilines is 1. The maximum Gasteiger partial charge on any atom is 0.321 e. The van der Waals surface area contributed by atoms with Crippen LogP contribution in [0.3, 0.4) is 0 Å². The van der Waals surface area contributed by atoms with E-state index in [1.54, 1.807) is 23.1 Å². The molecule has 2 heterocycles. The van der Waals surface area contributed by atoms with Crippen molar-refractivity contribution in [2.24, 2.45) is 5.92 Å². The maximum absolute atomic E-state index is 13.7. The zero-order valence-electron chi connectivity index (χ0n) is 16.5. The monoisotopic (exact) mass is 402 g/mol. The molecule has 8 heteroatoms. The summed E-state index contributed by atoms with van der Waals surface area (Å²) in [4.78, 5) is 18.5. The van der Waals surface area contributed by atoms with Gasteiger partial charge in [-0.1, -0.05) is 30.1 Å². The van der Waals surface area contributed by atoms with Crippen LogP contribution in [0.15, 0.2) is 28.8 Å². The van der Waals surface area contributed by atoms with Crippen LogP contribution in [0.5, 0.6) is 0 Å². The molecule has 156 valence electrons. The van der Waals surface area contributed by atoms with Gasteiger partial charge in [-0.05, 0) is 37.3 Å². The number of carbonyl (C=O) groups is 1. The number of nitrogens with one attached hydrogen (secondary N) is 1. The minimum atomic E-state index is -0.451. The summed E-state index contributed by atoms with van der Waals surface area (Å²) < 4.78 is 24.9. The Bertz CT molecular complexity index is 822. The van der Waals surface area contributed by atoms with E-state index in [2.05, 4.69) is 15.5 Å². The summed E-state index contributed by atoms with van der Waals surface area (Å²) in [5.41, 5.74) is 0.179. The Morgan fingerprint density at radius 1 is 1.28 bits per heavy atom. The molecule has 2 aliphatic rings. The van der Waals surface area contributed by atoms with Crippen LogP contribution < -0.4 is 5.32 Å². The van der Waals surface area contributed by atoms with Crippen LogP contribution in [0.2, 0.25) is 0 Å². The fraction of sp³-hybridized carbons (Fsp3) is 0.571. The fourth-order valence-corrected chi connectivity index (χ4v) is 4.03. The molecule has 1 aromatic heterocycles. The molecule has 0 spiro atoms. The SMILES string of the molecule is O=C(Nc1ccccc1F)N1CCC(c2nc(CCOCC3CCCC3)no2)C1. The minimum Gasteiger partial charge on any atom is -0.381 e. The molecular weight excluding hydrogens is 375 g/mol. The number of benzene rings is 1. The summed E-state index contributed by atoms with van der Waals surface area (Å²) in [5.74, 6) is 1.45. The fourth-order valence-electron chi connectivity index (χ4n) is 4.03. The number of amides is 2. The van der Waals surface area contributed by atoms with E-state index in [-0.39, 0.29) is 17.6 Å². The van der Waals surface area contributed by atoms with E-state index in [0.717, 1.165) is 13.0 Å². The number of carbonyl (C=O) groups excluding carboxylic acids is 1. The Kier molecular flexibility index (Phi) is 6.39. The van der Waals surface area contributed by atoms with Crippen molar-refractivity contribution in [1.29, 1.82) is 0 Å². The standard InChI is InChI=1S/C21H27FN4O3/c22-17-7-3-4-8-18(17)23-21(27)26-11-9-16(13-26)20-24-19(25-29-20)10-12-28-14-15-5-1-2-6-15/h3-4,7-8,15-16H,1-2,5-6,9-14H2,(H,23,27). The van der Waals surface area contributed by atoms with Crippen LogP contribution in [0.25, 0.3) is 0 Å². The third-order valence-electron chi connectivity index (χ3n) is 5.72. The lowest BCUT2D eigenvalue weighted by Crippen LogP contribution is -2.33. The summed E-state index contributed by atoms with van der Waals surface area (Å²) in [6, 6.07) is 5.81.